The summed E-state index contributed by atoms with van der Waals surface area (Å²) >= 11 is 0. The van der Waals surface area contributed by atoms with Gasteiger partial charge in [-0.1, -0.05) is 18.2 Å². The fraction of sp³-hybridized carbons (Fsp3) is 0.375. The predicted octanol–water partition coefficient (Wildman–Crippen LogP) is 1.12. The van der Waals surface area contributed by atoms with Crippen molar-refractivity contribution < 1.29 is 36.3 Å². The first-order chi connectivity index (χ1) is 13.5. The lowest BCUT2D eigenvalue weighted by molar-refractivity contribution is -0.122. The maximum atomic E-state index is 13.1. The summed E-state index contributed by atoms with van der Waals surface area (Å²) in [5, 5.41) is 16.1. The van der Waals surface area contributed by atoms with E-state index < -0.39 is 38.4 Å². The van der Waals surface area contributed by atoms with Gasteiger partial charge < -0.3 is 10.5 Å². The topological polar surface area (TPSA) is 146 Å². The monoisotopic (exact) mass is 436 g/mol. The Balaban J connectivity index is 2.25. The number of hydrogen-bond donors (Lipinski definition) is 4. The largest absolute Gasteiger partial charge is 0.490 e. The van der Waals surface area contributed by atoms with Gasteiger partial charge in [-0.25, -0.2) is 13.9 Å². The minimum atomic E-state index is -5.31. The first-order valence-corrected chi connectivity index (χ1v) is 9.74. The van der Waals surface area contributed by atoms with Crippen molar-refractivity contribution in [1.82, 2.24) is 9.79 Å². The number of nitrogens with zero attached hydrogens (tertiary/aromatic N) is 1. The SMILES string of the molecule is N=C(C(=O)NO)/C(=C(\N)C(F)(F)F)S(=O)(=O)N1CCC(Oc2ccccc2)CC1. The number of sulfonamides is 1. The summed E-state index contributed by atoms with van der Waals surface area (Å²) in [6, 6.07) is 8.72. The molecule has 1 aliphatic rings. The molecule has 1 amide bonds. The van der Waals surface area contributed by atoms with Crippen molar-refractivity contribution in [2.75, 3.05) is 13.1 Å². The lowest BCUT2D eigenvalue weighted by Gasteiger charge is -2.32. The van der Waals surface area contributed by atoms with Crippen LogP contribution in [0.25, 0.3) is 0 Å². The molecular weight excluding hydrogens is 417 g/mol. The highest BCUT2D eigenvalue weighted by Gasteiger charge is 2.44. The fourth-order valence-electron chi connectivity index (χ4n) is 2.70. The Morgan fingerprint density at radius 2 is 1.79 bits per heavy atom. The van der Waals surface area contributed by atoms with Gasteiger partial charge in [0.05, 0.1) is 0 Å². The number of hydrogen-bond acceptors (Lipinski definition) is 7. The van der Waals surface area contributed by atoms with Crippen LogP contribution in [0.1, 0.15) is 12.8 Å². The van der Waals surface area contributed by atoms with E-state index in [4.69, 9.17) is 21.1 Å². The van der Waals surface area contributed by atoms with Crippen molar-refractivity contribution in [1.29, 1.82) is 5.41 Å². The highest BCUT2D eigenvalue weighted by atomic mass is 32.2. The van der Waals surface area contributed by atoms with Gasteiger partial charge in [-0.15, -0.1) is 0 Å². The van der Waals surface area contributed by atoms with Gasteiger partial charge in [0.25, 0.3) is 5.91 Å². The Morgan fingerprint density at radius 1 is 1.24 bits per heavy atom. The molecule has 0 spiro atoms. The van der Waals surface area contributed by atoms with Crippen molar-refractivity contribution in [3.05, 3.63) is 40.9 Å². The Morgan fingerprint density at radius 3 is 2.28 bits per heavy atom. The number of rotatable bonds is 6. The molecule has 1 saturated heterocycles. The number of allylic oxidation sites excluding steroid dienone is 1. The molecule has 1 aromatic rings. The predicted molar refractivity (Wildman–Crippen MR) is 95.5 cm³/mol. The van der Waals surface area contributed by atoms with Gasteiger partial charge in [0, 0.05) is 13.1 Å². The first-order valence-electron chi connectivity index (χ1n) is 8.30. The van der Waals surface area contributed by atoms with Crippen molar-refractivity contribution in [3.63, 3.8) is 0 Å². The molecule has 9 nitrogen and oxygen atoms in total. The molecule has 1 aliphatic heterocycles. The zero-order valence-corrected chi connectivity index (χ0v) is 15.8. The van der Waals surface area contributed by atoms with Crippen LogP contribution in [0.4, 0.5) is 13.2 Å². The molecule has 29 heavy (non-hydrogen) atoms. The Bertz CT molecular complexity index is 895. The van der Waals surface area contributed by atoms with Gasteiger partial charge in [0.2, 0.25) is 10.0 Å². The van der Waals surface area contributed by atoms with E-state index in [-0.39, 0.29) is 32.0 Å². The van der Waals surface area contributed by atoms with Crippen LogP contribution in [0.2, 0.25) is 0 Å². The Hall–Kier alpha value is -2.64. The third-order valence-electron chi connectivity index (χ3n) is 4.15. The number of nitrogens with two attached hydrogens (primary N) is 1. The second kappa shape index (κ2) is 8.80. The smallest absolute Gasteiger partial charge is 0.432 e. The van der Waals surface area contributed by atoms with Crippen LogP contribution in [0, 0.1) is 5.41 Å². The van der Waals surface area contributed by atoms with Crippen LogP contribution in [-0.2, 0) is 14.8 Å². The zero-order valence-electron chi connectivity index (χ0n) is 14.9. The summed E-state index contributed by atoms with van der Waals surface area (Å²) in [7, 11) is -4.94. The number of ether oxygens (including phenoxy) is 1. The van der Waals surface area contributed by atoms with Crippen LogP contribution < -0.4 is 16.0 Å². The molecule has 0 radical (unpaired) electrons. The maximum absolute atomic E-state index is 13.1. The van der Waals surface area contributed by atoms with Crippen LogP contribution in [0.5, 0.6) is 5.75 Å². The molecule has 0 bridgehead atoms. The molecule has 1 fully saturated rings. The second-order valence-electron chi connectivity index (χ2n) is 6.09. The molecule has 0 aliphatic carbocycles. The highest BCUT2D eigenvalue weighted by molar-refractivity contribution is 7.94. The number of nitrogens with one attached hydrogen (secondary N) is 2. The van der Waals surface area contributed by atoms with Crippen LogP contribution in [0.15, 0.2) is 40.9 Å². The zero-order chi connectivity index (χ0) is 21.8. The van der Waals surface area contributed by atoms with Crippen LogP contribution in [0.3, 0.4) is 0 Å². The normalized spacial score (nSPS) is 17.4. The van der Waals surface area contributed by atoms with E-state index in [9.17, 15) is 26.4 Å². The number of amides is 1. The molecular formula is C16H19F3N4O5S. The number of piperidine rings is 1. The van der Waals surface area contributed by atoms with E-state index in [1.54, 1.807) is 30.3 Å². The summed E-state index contributed by atoms with van der Waals surface area (Å²) in [5.74, 6) is -1.17. The van der Waals surface area contributed by atoms with Crippen molar-refractivity contribution in [3.8, 4) is 5.75 Å². The third-order valence-corrected chi connectivity index (χ3v) is 6.14. The van der Waals surface area contributed by atoms with Gasteiger partial charge in [-0.3, -0.25) is 15.4 Å². The maximum Gasteiger partial charge on any atom is 0.432 e. The first kappa shape index (κ1) is 22.6. The van der Waals surface area contributed by atoms with Gasteiger partial charge in [-0.05, 0) is 25.0 Å². The van der Waals surface area contributed by atoms with E-state index in [0.29, 0.717) is 10.1 Å². The number of halogens is 3. The average Bonchev–Trinajstić information content (AvgIpc) is 2.67. The van der Waals surface area contributed by atoms with Gasteiger partial charge >= 0.3 is 6.18 Å². The van der Waals surface area contributed by atoms with Crippen molar-refractivity contribution in [2.24, 2.45) is 5.73 Å². The molecule has 1 aromatic carbocycles. The van der Waals surface area contributed by atoms with Gasteiger partial charge in [0.1, 0.15) is 28.2 Å². The molecule has 0 unspecified atom stereocenters. The average molecular weight is 436 g/mol. The van der Waals surface area contributed by atoms with Crippen molar-refractivity contribution in [2.45, 2.75) is 25.1 Å². The quantitative estimate of drug-likeness (QED) is 0.299. The standard InChI is InChI=1S/C16H19F3N4O5S/c17-16(18,19)14(21)13(12(20)15(24)22-25)29(26,27)23-8-6-11(7-9-23)28-10-4-2-1-3-5-10/h1-5,11,20,25H,6-9,21H2,(H,22,24)/b14-13+,20-12?. The number of alkyl halides is 3. The minimum absolute atomic E-state index is 0.173. The number of hydroxylamine groups is 1. The molecule has 5 N–H and O–H groups in total. The van der Waals surface area contributed by atoms with Gasteiger partial charge in [-0.2, -0.15) is 17.5 Å². The Labute approximate surface area is 164 Å². The number of carbonyl (C=O) groups is 1. The van der Waals surface area contributed by atoms with E-state index in [0.717, 1.165) is 5.48 Å². The molecule has 13 heteroatoms. The molecule has 0 saturated carbocycles. The van der Waals surface area contributed by atoms with E-state index in [2.05, 4.69) is 0 Å². The summed E-state index contributed by atoms with van der Waals surface area (Å²) in [5.41, 5.74) is 2.13. The highest BCUT2D eigenvalue weighted by Crippen LogP contribution is 2.30. The summed E-state index contributed by atoms with van der Waals surface area (Å²) in [6.45, 7) is -0.412. The Kier molecular flexibility index (Phi) is 6.87. The molecule has 0 aromatic heterocycles. The van der Waals surface area contributed by atoms with E-state index in [1.165, 1.54) is 0 Å². The van der Waals surface area contributed by atoms with Crippen LogP contribution >= 0.6 is 0 Å². The molecule has 160 valence electrons. The number of para-hydroxylation sites is 1. The molecule has 0 atom stereocenters. The molecule has 1 heterocycles. The lowest BCUT2D eigenvalue weighted by atomic mass is 10.1. The lowest BCUT2D eigenvalue weighted by Crippen LogP contribution is -2.46. The van der Waals surface area contributed by atoms with Crippen LogP contribution in [-0.4, -0.2) is 54.9 Å². The summed E-state index contributed by atoms with van der Waals surface area (Å²) in [4.78, 5) is 9.71. The van der Waals surface area contributed by atoms with Gasteiger partial charge in [0.15, 0.2) is 0 Å². The number of carbonyl (C=O) groups excluding carboxylic acids is 1. The van der Waals surface area contributed by atoms with Crippen molar-refractivity contribution >= 4 is 21.6 Å². The fourth-order valence-corrected chi connectivity index (χ4v) is 4.40. The van der Waals surface area contributed by atoms with E-state index >= 15 is 0 Å². The second-order valence-corrected chi connectivity index (χ2v) is 7.97. The third kappa shape index (κ3) is 5.25. The summed E-state index contributed by atoms with van der Waals surface area (Å²) in [6.07, 6.45) is -5.32. The number of benzene rings is 1. The van der Waals surface area contributed by atoms with E-state index in [1.807, 2.05) is 0 Å². The minimum Gasteiger partial charge on any atom is -0.490 e. The summed E-state index contributed by atoms with van der Waals surface area (Å²) < 4.78 is 71.1. The molecule has 2 rings (SSSR count).